The second kappa shape index (κ2) is 4.42. The van der Waals surface area contributed by atoms with Gasteiger partial charge in [-0.1, -0.05) is 6.92 Å². The number of carbonyl (C=O) groups is 1. The summed E-state index contributed by atoms with van der Waals surface area (Å²) < 4.78 is 1.79. The molecule has 0 radical (unpaired) electrons. The fourth-order valence-electron chi connectivity index (χ4n) is 0.987. The number of ketones is 1. The van der Waals surface area contributed by atoms with Gasteiger partial charge < -0.3 is 0 Å². The maximum absolute atomic E-state index is 11.2. The van der Waals surface area contributed by atoms with Crippen LogP contribution in [-0.4, -0.2) is 21.4 Å². The Morgan fingerprint density at radius 1 is 1.77 bits per heavy atom. The molecule has 0 aliphatic heterocycles. The van der Waals surface area contributed by atoms with Gasteiger partial charge in [-0.15, -0.1) is 11.6 Å². The molecule has 0 unspecified atom stereocenters. The monoisotopic (exact) mass is 200 g/mol. The molecule has 1 aromatic heterocycles. The summed E-state index contributed by atoms with van der Waals surface area (Å²) in [7, 11) is 0. The SMILES string of the molecule is CC[C@@H](C)n1cc(C(=O)CCl)cn1. The van der Waals surface area contributed by atoms with Gasteiger partial charge in [-0.25, -0.2) is 0 Å². The van der Waals surface area contributed by atoms with Crippen LogP contribution in [0.25, 0.3) is 0 Å². The average Bonchev–Trinajstić information content (AvgIpc) is 2.64. The Labute approximate surface area is 82.7 Å². The normalized spacial score (nSPS) is 12.8. The van der Waals surface area contributed by atoms with Crippen LogP contribution in [0.15, 0.2) is 12.4 Å². The van der Waals surface area contributed by atoms with Crippen LogP contribution in [-0.2, 0) is 0 Å². The first-order valence-electron chi connectivity index (χ1n) is 4.32. The van der Waals surface area contributed by atoms with E-state index in [9.17, 15) is 4.79 Å². The predicted octanol–water partition coefficient (Wildman–Crippen LogP) is 2.28. The molecule has 13 heavy (non-hydrogen) atoms. The molecule has 0 saturated carbocycles. The van der Waals surface area contributed by atoms with Crippen molar-refractivity contribution in [3.05, 3.63) is 18.0 Å². The number of rotatable bonds is 4. The van der Waals surface area contributed by atoms with Crippen LogP contribution in [0.1, 0.15) is 36.7 Å². The molecule has 0 amide bonds. The molecule has 0 fully saturated rings. The van der Waals surface area contributed by atoms with E-state index in [2.05, 4.69) is 18.9 Å². The van der Waals surface area contributed by atoms with Gasteiger partial charge in [0.25, 0.3) is 0 Å². The van der Waals surface area contributed by atoms with Crippen molar-refractivity contribution < 1.29 is 4.79 Å². The highest BCUT2D eigenvalue weighted by molar-refractivity contribution is 6.30. The van der Waals surface area contributed by atoms with Crippen molar-refractivity contribution in [2.75, 3.05) is 5.88 Å². The van der Waals surface area contributed by atoms with Crippen molar-refractivity contribution in [1.82, 2.24) is 9.78 Å². The number of carbonyl (C=O) groups excluding carboxylic acids is 1. The molecular formula is C9H13ClN2O. The zero-order valence-corrected chi connectivity index (χ0v) is 8.58. The molecule has 1 heterocycles. The number of aromatic nitrogens is 2. The van der Waals surface area contributed by atoms with Crippen LogP contribution in [0.5, 0.6) is 0 Å². The lowest BCUT2D eigenvalue weighted by Gasteiger charge is -2.07. The smallest absolute Gasteiger partial charge is 0.180 e. The summed E-state index contributed by atoms with van der Waals surface area (Å²) in [4.78, 5) is 11.2. The molecule has 4 heteroatoms. The van der Waals surface area contributed by atoms with Gasteiger partial charge in [-0.2, -0.15) is 5.10 Å². The highest BCUT2D eigenvalue weighted by atomic mass is 35.5. The first kappa shape index (κ1) is 10.3. The molecule has 3 nitrogen and oxygen atoms in total. The van der Waals surface area contributed by atoms with E-state index in [4.69, 9.17) is 11.6 Å². The molecule has 1 atom stereocenters. The molecule has 0 aliphatic rings. The highest BCUT2D eigenvalue weighted by Crippen LogP contribution is 2.10. The van der Waals surface area contributed by atoms with E-state index in [1.807, 2.05) is 0 Å². The van der Waals surface area contributed by atoms with E-state index in [1.165, 1.54) is 0 Å². The fraction of sp³-hybridized carbons (Fsp3) is 0.556. The third-order valence-electron chi connectivity index (χ3n) is 2.09. The lowest BCUT2D eigenvalue weighted by Crippen LogP contribution is -2.04. The number of Topliss-reactive ketones (excluding diaryl/α,β-unsaturated/α-hetero) is 1. The Hall–Kier alpha value is -0.830. The lowest BCUT2D eigenvalue weighted by molar-refractivity contribution is 0.102. The van der Waals surface area contributed by atoms with Gasteiger partial charge >= 0.3 is 0 Å². The number of nitrogens with zero attached hydrogens (tertiary/aromatic N) is 2. The van der Waals surface area contributed by atoms with Crippen molar-refractivity contribution in [2.24, 2.45) is 0 Å². The lowest BCUT2D eigenvalue weighted by atomic mass is 10.2. The van der Waals surface area contributed by atoms with Crippen molar-refractivity contribution in [2.45, 2.75) is 26.3 Å². The van der Waals surface area contributed by atoms with Crippen LogP contribution < -0.4 is 0 Å². The molecule has 0 bridgehead atoms. The van der Waals surface area contributed by atoms with Crippen LogP contribution >= 0.6 is 11.6 Å². The molecule has 0 N–H and O–H groups in total. The van der Waals surface area contributed by atoms with Crippen molar-refractivity contribution in [1.29, 1.82) is 0 Å². The molecule has 0 saturated heterocycles. The highest BCUT2D eigenvalue weighted by Gasteiger charge is 2.09. The predicted molar refractivity (Wildman–Crippen MR) is 52.3 cm³/mol. The summed E-state index contributed by atoms with van der Waals surface area (Å²) in [5.41, 5.74) is 0.593. The molecule has 0 aromatic carbocycles. The first-order chi connectivity index (χ1) is 6.19. The summed E-state index contributed by atoms with van der Waals surface area (Å²) in [5.74, 6) is -0.0529. The Kier molecular flexibility index (Phi) is 3.48. The summed E-state index contributed by atoms with van der Waals surface area (Å²) in [6.07, 6.45) is 4.31. The van der Waals surface area contributed by atoms with Crippen molar-refractivity contribution >= 4 is 17.4 Å². The minimum atomic E-state index is -0.0729. The number of hydrogen-bond donors (Lipinski definition) is 0. The second-order valence-corrected chi connectivity index (χ2v) is 3.29. The van der Waals surface area contributed by atoms with E-state index >= 15 is 0 Å². The Morgan fingerprint density at radius 2 is 2.46 bits per heavy atom. The minimum Gasteiger partial charge on any atom is -0.293 e. The first-order valence-corrected chi connectivity index (χ1v) is 4.85. The van der Waals surface area contributed by atoms with E-state index < -0.39 is 0 Å². The van der Waals surface area contributed by atoms with Gasteiger partial charge in [0.05, 0.1) is 17.6 Å². The molecule has 72 valence electrons. The van der Waals surface area contributed by atoms with Crippen LogP contribution in [0.3, 0.4) is 0 Å². The van der Waals surface area contributed by atoms with E-state index in [1.54, 1.807) is 17.1 Å². The van der Waals surface area contributed by atoms with Gasteiger partial charge in [0, 0.05) is 12.2 Å². The average molecular weight is 201 g/mol. The Morgan fingerprint density at radius 3 is 3.00 bits per heavy atom. The van der Waals surface area contributed by atoms with Crippen LogP contribution in [0.4, 0.5) is 0 Å². The van der Waals surface area contributed by atoms with E-state index in [0.29, 0.717) is 11.6 Å². The maximum Gasteiger partial charge on any atom is 0.180 e. The zero-order valence-electron chi connectivity index (χ0n) is 7.83. The third-order valence-corrected chi connectivity index (χ3v) is 2.33. The summed E-state index contributed by atoms with van der Waals surface area (Å²) in [6, 6.07) is 0.330. The van der Waals surface area contributed by atoms with Crippen molar-refractivity contribution in [3.8, 4) is 0 Å². The van der Waals surface area contributed by atoms with E-state index in [0.717, 1.165) is 6.42 Å². The van der Waals surface area contributed by atoms with Gasteiger partial charge in [-0.3, -0.25) is 9.48 Å². The quantitative estimate of drug-likeness (QED) is 0.552. The summed E-state index contributed by atoms with van der Waals surface area (Å²) in [5, 5.41) is 4.09. The van der Waals surface area contributed by atoms with Gasteiger partial charge in [0.15, 0.2) is 5.78 Å². The molecule has 0 spiro atoms. The largest absolute Gasteiger partial charge is 0.293 e. The third kappa shape index (κ3) is 2.31. The number of halogens is 1. The fourth-order valence-corrected chi connectivity index (χ4v) is 1.14. The van der Waals surface area contributed by atoms with Gasteiger partial charge in [0.2, 0.25) is 0 Å². The van der Waals surface area contributed by atoms with Gasteiger partial charge in [0.1, 0.15) is 0 Å². The molecule has 1 aromatic rings. The topological polar surface area (TPSA) is 34.9 Å². The summed E-state index contributed by atoms with van der Waals surface area (Å²) >= 11 is 5.42. The number of alkyl halides is 1. The second-order valence-electron chi connectivity index (χ2n) is 3.02. The Balaban J connectivity index is 2.80. The summed E-state index contributed by atoms with van der Waals surface area (Å²) in [6.45, 7) is 4.14. The molecule has 0 aliphatic carbocycles. The van der Waals surface area contributed by atoms with Crippen LogP contribution in [0.2, 0.25) is 0 Å². The molecular weight excluding hydrogens is 188 g/mol. The van der Waals surface area contributed by atoms with Gasteiger partial charge in [-0.05, 0) is 13.3 Å². The number of hydrogen-bond acceptors (Lipinski definition) is 2. The molecule has 1 rings (SSSR count). The van der Waals surface area contributed by atoms with E-state index in [-0.39, 0.29) is 11.7 Å². The van der Waals surface area contributed by atoms with Crippen LogP contribution in [0, 0.1) is 0 Å². The zero-order chi connectivity index (χ0) is 9.84. The minimum absolute atomic E-state index is 0.0200. The maximum atomic E-state index is 11.2. The van der Waals surface area contributed by atoms with Crippen molar-refractivity contribution in [3.63, 3.8) is 0 Å². The Bertz CT molecular complexity index is 296. The standard InChI is InChI=1S/C9H13ClN2O/c1-3-7(2)12-6-8(5-11-12)9(13)4-10/h5-7H,3-4H2,1-2H3/t7-/m1/s1.